The number of amides is 1. The van der Waals surface area contributed by atoms with E-state index in [0.29, 0.717) is 29.1 Å². The summed E-state index contributed by atoms with van der Waals surface area (Å²) in [4.78, 5) is 30.7. The average molecular weight is 355 g/mol. The Morgan fingerprint density at radius 3 is 2.52 bits per heavy atom. The molecule has 0 saturated carbocycles. The van der Waals surface area contributed by atoms with E-state index in [1.54, 1.807) is 31.3 Å². The van der Waals surface area contributed by atoms with Gasteiger partial charge in [-0.05, 0) is 12.1 Å². The molecule has 0 fully saturated rings. The standard InChI is InChI=1S/C17H17N5O2S/c1-21-16(24)13-6-2-3-7-14(13)20-17(21)25-12-15(23)22(10-4-8-18)11-5-9-19/h2-3,6-7H,4-5,10-12H2,1H3. The highest BCUT2D eigenvalue weighted by molar-refractivity contribution is 7.99. The summed E-state index contributed by atoms with van der Waals surface area (Å²) in [6.45, 7) is 0.587. The van der Waals surface area contributed by atoms with Gasteiger partial charge in [-0.25, -0.2) is 4.98 Å². The Morgan fingerprint density at radius 1 is 1.24 bits per heavy atom. The number of nitrogens with zero attached hydrogens (tertiary/aromatic N) is 5. The van der Waals surface area contributed by atoms with Crippen LogP contribution in [0.4, 0.5) is 0 Å². The van der Waals surface area contributed by atoms with Crippen LogP contribution in [0.1, 0.15) is 12.8 Å². The lowest BCUT2D eigenvalue weighted by Gasteiger charge is -2.20. The Kier molecular flexibility index (Phi) is 6.55. The van der Waals surface area contributed by atoms with Crippen molar-refractivity contribution in [3.05, 3.63) is 34.6 Å². The van der Waals surface area contributed by atoms with E-state index < -0.39 is 0 Å². The normalized spacial score (nSPS) is 10.2. The number of rotatable bonds is 7. The lowest BCUT2D eigenvalue weighted by atomic mass is 10.2. The van der Waals surface area contributed by atoms with E-state index in [1.807, 2.05) is 12.1 Å². The maximum Gasteiger partial charge on any atom is 0.261 e. The third kappa shape index (κ3) is 4.59. The van der Waals surface area contributed by atoms with E-state index in [2.05, 4.69) is 4.98 Å². The van der Waals surface area contributed by atoms with Crippen molar-refractivity contribution in [2.45, 2.75) is 18.0 Å². The minimum absolute atomic E-state index is 0.0927. The van der Waals surface area contributed by atoms with Crippen LogP contribution in [0.5, 0.6) is 0 Å². The number of hydrogen-bond acceptors (Lipinski definition) is 6. The minimum atomic E-state index is -0.182. The van der Waals surface area contributed by atoms with E-state index in [-0.39, 0.29) is 30.1 Å². The van der Waals surface area contributed by atoms with Crippen molar-refractivity contribution in [3.63, 3.8) is 0 Å². The average Bonchev–Trinajstić information content (AvgIpc) is 2.63. The fraction of sp³-hybridized carbons (Fsp3) is 0.353. The summed E-state index contributed by atoms with van der Waals surface area (Å²) in [5.41, 5.74) is 0.428. The van der Waals surface area contributed by atoms with Gasteiger partial charge < -0.3 is 4.90 Å². The van der Waals surface area contributed by atoms with Crippen LogP contribution in [0, 0.1) is 22.7 Å². The number of thioether (sulfide) groups is 1. The summed E-state index contributed by atoms with van der Waals surface area (Å²) in [5, 5.41) is 18.4. The molecule has 0 saturated heterocycles. The lowest BCUT2D eigenvalue weighted by Crippen LogP contribution is -2.34. The molecule has 0 unspecified atom stereocenters. The van der Waals surface area contributed by atoms with E-state index in [0.717, 1.165) is 0 Å². The predicted molar refractivity (Wildman–Crippen MR) is 94.7 cm³/mol. The minimum Gasteiger partial charge on any atom is -0.340 e. The molecular formula is C17H17N5O2S. The van der Waals surface area contributed by atoms with Crippen LogP contribution in [-0.2, 0) is 11.8 Å². The molecule has 0 aliphatic rings. The summed E-state index contributed by atoms with van der Waals surface area (Å²) in [5.74, 6) is -0.0898. The number of hydrogen-bond donors (Lipinski definition) is 0. The van der Waals surface area contributed by atoms with E-state index >= 15 is 0 Å². The second-order valence-corrected chi connectivity index (χ2v) is 6.20. The van der Waals surface area contributed by atoms with Gasteiger partial charge in [0.15, 0.2) is 5.16 Å². The zero-order valence-corrected chi connectivity index (χ0v) is 14.6. The second-order valence-electron chi connectivity index (χ2n) is 5.26. The largest absolute Gasteiger partial charge is 0.340 e. The fourth-order valence-electron chi connectivity index (χ4n) is 2.28. The second kappa shape index (κ2) is 8.86. The molecule has 128 valence electrons. The van der Waals surface area contributed by atoms with Gasteiger partial charge in [0.25, 0.3) is 5.56 Å². The first-order chi connectivity index (χ1) is 12.1. The number of fused-ring (bicyclic) bond motifs is 1. The Labute approximate surface area is 149 Å². The SMILES string of the molecule is Cn1c(SCC(=O)N(CCC#N)CCC#N)nc2ccccc2c1=O. The highest BCUT2D eigenvalue weighted by Crippen LogP contribution is 2.17. The van der Waals surface area contributed by atoms with Gasteiger partial charge in [0.05, 0.1) is 41.6 Å². The van der Waals surface area contributed by atoms with Crippen LogP contribution in [0.2, 0.25) is 0 Å². The van der Waals surface area contributed by atoms with Gasteiger partial charge in [0, 0.05) is 20.1 Å². The molecule has 1 amide bonds. The summed E-state index contributed by atoms with van der Waals surface area (Å²) >= 11 is 1.17. The molecule has 7 nitrogen and oxygen atoms in total. The van der Waals surface area contributed by atoms with Crippen LogP contribution in [0.3, 0.4) is 0 Å². The smallest absolute Gasteiger partial charge is 0.261 e. The van der Waals surface area contributed by atoms with Crippen molar-refractivity contribution in [2.75, 3.05) is 18.8 Å². The first-order valence-electron chi connectivity index (χ1n) is 7.68. The molecule has 25 heavy (non-hydrogen) atoms. The quantitative estimate of drug-likeness (QED) is 0.553. The lowest BCUT2D eigenvalue weighted by molar-refractivity contribution is -0.128. The van der Waals surface area contributed by atoms with Crippen molar-refractivity contribution >= 4 is 28.6 Å². The molecule has 0 N–H and O–H groups in total. The van der Waals surface area contributed by atoms with Crippen LogP contribution in [0.15, 0.2) is 34.2 Å². The molecule has 1 aromatic carbocycles. The van der Waals surface area contributed by atoms with Gasteiger partial charge in [-0.1, -0.05) is 23.9 Å². The Bertz CT molecular complexity index is 892. The van der Waals surface area contributed by atoms with Crippen molar-refractivity contribution < 1.29 is 4.79 Å². The van der Waals surface area contributed by atoms with E-state index in [9.17, 15) is 9.59 Å². The molecule has 2 aromatic rings. The first-order valence-corrected chi connectivity index (χ1v) is 8.67. The predicted octanol–water partition coefficient (Wildman–Crippen LogP) is 1.68. The Morgan fingerprint density at radius 2 is 1.88 bits per heavy atom. The van der Waals surface area contributed by atoms with Gasteiger partial charge in [-0.3, -0.25) is 14.2 Å². The molecule has 8 heteroatoms. The molecule has 1 heterocycles. The zero-order chi connectivity index (χ0) is 18.2. The molecule has 0 aliphatic carbocycles. The van der Waals surface area contributed by atoms with Crippen molar-refractivity contribution in [1.29, 1.82) is 10.5 Å². The Balaban J connectivity index is 2.14. The van der Waals surface area contributed by atoms with Gasteiger partial charge in [-0.15, -0.1) is 0 Å². The van der Waals surface area contributed by atoms with Crippen molar-refractivity contribution in [2.24, 2.45) is 7.05 Å². The van der Waals surface area contributed by atoms with Crippen LogP contribution in [0.25, 0.3) is 10.9 Å². The molecule has 1 aromatic heterocycles. The van der Waals surface area contributed by atoms with Gasteiger partial charge in [0.1, 0.15) is 0 Å². The van der Waals surface area contributed by atoms with Crippen LogP contribution in [-0.4, -0.2) is 39.2 Å². The number of carbonyl (C=O) groups excluding carboxylic acids is 1. The zero-order valence-electron chi connectivity index (χ0n) is 13.8. The third-order valence-corrected chi connectivity index (χ3v) is 4.62. The summed E-state index contributed by atoms with van der Waals surface area (Å²) in [6, 6.07) is 11.1. The molecular weight excluding hydrogens is 338 g/mol. The van der Waals surface area contributed by atoms with Crippen LogP contribution >= 0.6 is 11.8 Å². The van der Waals surface area contributed by atoms with Gasteiger partial charge in [0.2, 0.25) is 5.91 Å². The topological polar surface area (TPSA) is 103 Å². The maximum absolute atomic E-state index is 12.4. The highest BCUT2D eigenvalue weighted by Gasteiger charge is 2.15. The maximum atomic E-state index is 12.4. The highest BCUT2D eigenvalue weighted by atomic mass is 32.2. The number of carbonyl (C=O) groups is 1. The molecule has 0 bridgehead atoms. The molecule has 0 radical (unpaired) electrons. The molecule has 0 aliphatic heterocycles. The van der Waals surface area contributed by atoms with Crippen molar-refractivity contribution in [3.8, 4) is 12.1 Å². The van der Waals surface area contributed by atoms with Gasteiger partial charge in [-0.2, -0.15) is 10.5 Å². The third-order valence-electron chi connectivity index (χ3n) is 3.61. The monoisotopic (exact) mass is 355 g/mol. The number of aromatic nitrogens is 2. The van der Waals surface area contributed by atoms with Crippen molar-refractivity contribution in [1.82, 2.24) is 14.5 Å². The fourth-order valence-corrected chi connectivity index (χ4v) is 3.15. The number of nitriles is 2. The number of benzene rings is 1. The molecule has 0 atom stereocenters. The molecule has 2 rings (SSSR count). The van der Waals surface area contributed by atoms with E-state index in [1.165, 1.54) is 21.2 Å². The summed E-state index contributed by atoms with van der Waals surface area (Å²) < 4.78 is 1.43. The van der Waals surface area contributed by atoms with Gasteiger partial charge >= 0.3 is 0 Å². The molecule has 0 spiro atoms. The van der Waals surface area contributed by atoms with E-state index in [4.69, 9.17) is 10.5 Å². The number of para-hydroxylation sites is 1. The van der Waals surface area contributed by atoms with Crippen LogP contribution < -0.4 is 5.56 Å². The summed E-state index contributed by atoms with van der Waals surface area (Å²) in [7, 11) is 1.62. The first kappa shape index (κ1) is 18.5. The Hall–Kier alpha value is -2.84. The summed E-state index contributed by atoms with van der Waals surface area (Å²) in [6.07, 6.45) is 0.434.